The molecule has 0 bridgehead atoms. The van der Waals surface area contributed by atoms with Crippen LogP contribution in [0.15, 0.2) is 53.4 Å². The summed E-state index contributed by atoms with van der Waals surface area (Å²) in [5.74, 6) is -0.187. The number of para-hydroxylation sites is 1. The molecule has 3 rings (SSSR count). The van der Waals surface area contributed by atoms with Crippen LogP contribution in [0.1, 0.15) is 5.56 Å². The lowest BCUT2D eigenvalue weighted by atomic mass is 10.2. The summed E-state index contributed by atoms with van der Waals surface area (Å²) in [5.41, 5.74) is 0.313. The molecule has 0 unspecified atom stereocenters. The van der Waals surface area contributed by atoms with E-state index in [1.807, 2.05) is 6.07 Å². The topological polar surface area (TPSA) is 106 Å². The molecular weight excluding hydrogens is 384 g/mol. The van der Waals surface area contributed by atoms with Gasteiger partial charge in [0.2, 0.25) is 10.0 Å². The number of carbonyl (C=O) groups is 1. The van der Waals surface area contributed by atoms with Crippen LogP contribution in [0.4, 0.5) is 0 Å². The van der Waals surface area contributed by atoms with Crippen LogP contribution >= 0.6 is 0 Å². The summed E-state index contributed by atoms with van der Waals surface area (Å²) in [6.45, 7) is 0.960. The molecule has 0 spiro atoms. The Morgan fingerprint density at radius 1 is 1.11 bits per heavy atom. The molecule has 9 heteroatoms. The number of carbonyl (C=O) groups excluding carboxylic acids is 1. The van der Waals surface area contributed by atoms with Crippen LogP contribution in [-0.4, -0.2) is 51.6 Å². The molecule has 146 valence electrons. The van der Waals surface area contributed by atoms with Gasteiger partial charge < -0.3 is 14.2 Å². The van der Waals surface area contributed by atoms with Crippen LogP contribution < -0.4 is 9.47 Å². The quantitative estimate of drug-likeness (QED) is 0.533. The minimum Gasteiger partial charge on any atom is -0.481 e. The van der Waals surface area contributed by atoms with E-state index in [0.717, 1.165) is 0 Å². The second-order valence-corrected chi connectivity index (χ2v) is 7.80. The minimum absolute atomic E-state index is 0.119. The molecule has 0 amide bonds. The van der Waals surface area contributed by atoms with Gasteiger partial charge in [-0.15, -0.1) is 0 Å². The SMILES string of the molecule is N#Cc1ccccc1OCC(=O)Oc1ccc(S(=O)(=O)N2CCOCC2)cc1. The number of sulfonamides is 1. The van der Waals surface area contributed by atoms with Gasteiger partial charge in [0.25, 0.3) is 0 Å². The van der Waals surface area contributed by atoms with Crippen molar-refractivity contribution >= 4 is 16.0 Å². The third-order valence-electron chi connectivity index (χ3n) is 4.02. The number of morpholine rings is 1. The maximum absolute atomic E-state index is 12.6. The summed E-state index contributed by atoms with van der Waals surface area (Å²) in [4.78, 5) is 12.1. The van der Waals surface area contributed by atoms with Crippen LogP contribution in [-0.2, 0) is 19.6 Å². The highest BCUT2D eigenvalue weighted by Gasteiger charge is 2.26. The first-order chi connectivity index (χ1) is 13.5. The standard InChI is InChI=1S/C19H18N2O6S/c20-13-15-3-1-2-4-18(15)26-14-19(22)27-16-5-7-17(8-6-16)28(23,24)21-9-11-25-12-10-21/h1-8H,9-12,14H2. The van der Waals surface area contributed by atoms with Crippen molar-refractivity contribution < 1.29 is 27.4 Å². The Morgan fingerprint density at radius 2 is 1.79 bits per heavy atom. The summed E-state index contributed by atoms with van der Waals surface area (Å²) >= 11 is 0. The molecule has 28 heavy (non-hydrogen) atoms. The maximum atomic E-state index is 12.6. The fraction of sp³-hybridized carbons (Fsp3) is 0.263. The fourth-order valence-electron chi connectivity index (χ4n) is 2.60. The second kappa shape index (κ2) is 8.84. The smallest absolute Gasteiger partial charge is 0.349 e. The fourth-order valence-corrected chi connectivity index (χ4v) is 4.01. The van der Waals surface area contributed by atoms with Gasteiger partial charge in [0.1, 0.15) is 17.6 Å². The first-order valence-corrected chi connectivity index (χ1v) is 9.95. The Kier molecular flexibility index (Phi) is 6.26. The van der Waals surface area contributed by atoms with Gasteiger partial charge in [0.15, 0.2) is 6.61 Å². The molecule has 1 aliphatic heterocycles. The Balaban J connectivity index is 1.59. The lowest BCUT2D eigenvalue weighted by molar-refractivity contribution is -0.136. The van der Waals surface area contributed by atoms with Crippen molar-refractivity contribution in [1.29, 1.82) is 5.26 Å². The zero-order valence-corrected chi connectivity index (χ0v) is 15.7. The van der Waals surface area contributed by atoms with E-state index in [0.29, 0.717) is 31.9 Å². The highest BCUT2D eigenvalue weighted by atomic mass is 32.2. The van der Waals surface area contributed by atoms with E-state index >= 15 is 0 Å². The number of hydrogen-bond acceptors (Lipinski definition) is 7. The Morgan fingerprint density at radius 3 is 2.46 bits per heavy atom. The summed E-state index contributed by atoms with van der Waals surface area (Å²) in [6.07, 6.45) is 0. The molecule has 2 aromatic rings. The number of nitrogens with zero attached hydrogens (tertiary/aromatic N) is 2. The molecule has 0 N–H and O–H groups in total. The monoisotopic (exact) mass is 402 g/mol. The zero-order valence-electron chi connectivity index (χ0n) is 14.9. The van der Waals surface area contributed by atoms with Gasteiger partial charge in [0.05, 0.1) is 23.7 Å². The predicted molar refractivity (Wildman–Crippen MR) is 98.3 cm³/mol. The van der Waals surface area contributed by atoms with Crippen molar-refractivity contribution in [2.24, 2.45) is 0 Å². The van der Waals surface area contributed by atoms with Crippen molar-refractivity contribution in [1.82, 2.24) is 4.31 Å². The second-order valence-electron chi connectivity index (χ2n) is 5.86. The lowest BCUT2D eigenvalue weighted by Gasteiger charge is -2.26. The first kappa shape index (κ1) is 19.8. The Hall–Kier alpha value is -2.93. The molecule has 2 aromatic carbocycles. The molecule has 1 aliphatic rings. The summed E-state index contributed by atoms with van der Waals surface area (Å²) in [5, 5.41) is 9.00. The highest BCUT2D eigenvalue weighted by molar-refractivity contribution is 7.89. The molecule has 0 atom stereocenters. The van der Waals surface area contributed by atoms with Gasteiger partial charge in [-0.05, 0) is 36.4 Å². The Labute approximate surface area is 162 Å². The molecule has 0 aromatic heterocycles. The molecule has 1 heterocycles. The molecule has 1 saturated heterocycles. The number of hydrogen-bond donors (Lipinski definition) is 0. The minimum atomic E-state index is -3.60. The van der Waals surface area contributed by atoms with E-state index in [9.17, 15) is 13.2 Å². The van der Waals surface area contributed by atoms with Crippen LogP contribution in [0.3, 0.4) is 0 Å². The molecule has 8 nitrogen and oxygen atoms in total. The van der Waals surface area contributed by atoms with E-state index in [1.54, 1.807) is 24.3 Å². The number of esters is 1. The van der Waals surface area contributed by atoms with Gasteiger partial charge in [-0.3, -0.25) is 0 Å². The van der Waals surface area contributed by atoms with Crippen molar-refractivity contribution in [3.8, 4) is 17.6 Å². The average molecular weight is 402 g/mol. The normalized spacial score (nSPS) is 14.8. The first-order valence-electron chi connectivity index (χ1n) is 8.51. The largest absolute Gasteiger partial charge is 0.481 e. The van der Waals surface area contributed by atoms with Gasteiger partial charge >= 0.3 is 5.97 Å². The average Bonchev–Trinajstić information content (AvgIpc) is 2.73. The molecule has 0 radical (unpaired) electrons. The summed E-state index contributed by atoms with van der Waals surface area (Å²) < 4.78 is 42.1. The summed E-state index contributed by atoms with van der Waals surface area (Å²) in [6, 6.07) is 14.1. The van der Waals surface area contributed by atoms with Crippen LogP contribution in [0, 0.1) is 11.3 Å². The van der Waals surface area contributed by atoms with Crippen LogP contribution in [0.2, 0.25) is 0 Å². The molecule has 1 fully saturated rings. The van der Waals surface area contributed by atoms with Crippen molar-refractivity contribution in [2.75, 3.05) is 32.9 Å². The molecule has 0 saturated carbocycles. The van der Waals surface area contributed by atoms with E-state index in [2.05, 4.69) is 0 Å². The van der Waals surface area contributed by atoms with E-state index in [1.165, 1.54) is 28.6 Å². The predicted octanol–water partition coefficient (Wildman–Crippen LogP) is 1.56. The van der Waals surface area contributed by atoms with Crippen molar-refractivity contribution in [3.63, 3.8) is 0 Å². The van der Waals surface area contributed by atoms with Gasteiger partial charge in [-0.1, -0.05) is 12.1 Å². The number of rotatable bonds is 6. The lowest BCUT2D eigenvalue weighted by Crippen LogP contribution is -2.40. The maximum Gasteiger partial charge on any atom is 0.349 e. The molecular formula is C19H18N2O6S. The van der Waals surface area contributed by atoms with Gasteiger partial charge in [-0.2, -0.15) is 9.57 Å². The van der Waals surface area contributed by atoms with E-state index in [4.69, 9.17) is 19.5 Å². The Bertz CT molecular complexity index is 976. The zero-order chi connectivity index (χ0) is 20.0. The highest BCUT2D eigenvalue weighted by Crippen LogP contribution is 2.21. The van der Waals surface area contributed by atoms with Gasteiger partial charge in [0, 0.05) is 13.1 Å². The van der Waals surface area contributed by atoms with Gasteiger partial charge in [-0.25, -0.2) is 13.2 Å². The third-order valence-corrected chi connectivity index (χ3v) is 5.93. The van der Waals surface area contributed by atoms with Crippen molar-refractivity contribution in [2.45, 2.75) is 4.90 Å². The third kappa shape index (κ3) is 4.67. The number of benzene rings is 2. The van der Waals surface area contributed by atoms with Crippen molar-refractivity contribution in [3.05, 3.63) is 54.1 Å². The summed E-state index contributed by atoms with van der Waals surface area (Å²) in [7, 11) is -3.60. The van der Waals surface area contributed by atoms with Crippen LogP contribution in [0.25, 0.3) is 0 Å². The number of ether oxygens (including phenoxy) is 3. The van der Waals surface area contributed by atoms with E-state index in [-0.39, 0.29) is 23.0 Å². The van der Waals surface area contributed by atoms with Crippen LogP contribution in [0.5, 0.6) is 11.5 Å². The number of nitriles is 1. The molecule has 0 aliphatic carbocycles. The van der Waals surface area contributed by atoms with E-state index < -0.39 is 16.0 Å².